The van der Waals surface area contributed by atoms with Crippen molar-refractivity contribution in [2.24, 2.45) is 0 Å². The lowest BCUT2D eigenvalue weighted by atomic mass is 10.0. The summed E-state index contributed by atoms with van der Waals surface area (Å²) >= 11 is 0. The van der Waals surface area contributed by atoms with E-state index in [1.54, 1.807) is 13.0 Å². The van der Waals surface area contributed by atoms with Crippen molar-refractivity contribution in [2.75, 3.05) is 0 Å². The summed E-state index contributed by atoms with van der Waals surface area (Å²) in [7, 11) is 0. The minimum atomic E-state index is -4.36. The van der Waals surface area contributed by atoms with E-state index in [1.165, 1.54) is 12.1 Å². The molecule has 0 bridgehead atoms. The first-order valence-corrected chi connectivity index (χ1v) is 7.24. The zero-order valence-corrected chi connectivity index (χ0v) is 13.2. The predicted octanol–water partition coefficient (Wildman–Crippen LogP) is 4.81. The highest BCUT2D eigenvalue weighted by atomic mass is 19.4. The highest BCUT2D eigenvalue weighted by molar-refractivity contribution is 5.95. The summed E-state index contributed by atoms with van der Waals surface area (Å²) in [6, 6.07) is 9.95. The number of rotatable bonds is 3. The molecule has 0 saturated heterocycles. The molecule has 5 heteroatoms. The molecule has 2 nitrogen and oxygen atoms in total. The number of alkyl halides is 3. The number of amides is 1. The summed E-state index contributed by atoms with van der Waals surface area (Å²) in [5.41, 5.74) is 2.41. The Balaban J connectivity index is 2.12. The number of nitrogens with one attached hydrogen (secondary N) is 1. The first kappa shape index (κ1) is 17.1. The Morgan fingerprint density at radius 3 is 2.17 bits per heavy atom. The lowest BCUT2D eigenvalue weighted by Crippen LogP contribution is -2.27. The van der Waals surface area contributed by atoms with Gasteiger partial charge in [-0.25, -0.2) is 0 Å². The number of carbonyl (C=O) groups excluding carboxylic acids is 1. The molecule has 0 spiro atoms. The van der Waals surface area contributed by atoms with E-state index < -0.39 is 11.7 Å². The molecule has 23 heavy (non-hydrogen) atoms. The van der Waals surface area contributed by atoms with E-state index in [-0.39, 0.29) is 11.9 Å². The van der Waals surface area contributed by atoms with Crippen molar-refractivity contribution in [3.05, 3.63) is 70.3 Å². The summed E-state index contributed by atoms with van der Waals surface area (Å²) < 4.78 is 37.7. The average molecular weight is 321 g/mol. The minimum Gasteiger partial charge on any atom is -0.346 e. The number of carbonyl (C=O) groups is 1. The fraction of sp³-hybridized carbons (Fsp3) is 0.278. The SMILES string of the molecule is Cc1ccc(C(=O)N[C@@H](C)c2ccc(C(F)(F)F)cc2)c(C)c1. The quantitative estimate of drug-likeness (QED) is 0.863. The summed E-state index contributed by atoms with van der Waals surface area (Å²) in [5.74, 6) is -0.241. The number of benzene rings is 2. The summed E-state index contributed by atoms with van der Waals surface area (Å²) in [6.07, 6.45) is -4.36. The third-order valence-corrected chi connectivity index (χ3v) is 3.71. The molecule has 2 aromatic rings. The third-order valence-electron chi connectivity index (χ3n) is 3.71. The van der Waals surface area contributed by atoms with Gasteiger partial charge < -0.3 is 5.32 Å². The van der Waals surface area contributed by atoms with E-state index in [1.807, 2.05) is 26.0 Å². The minimum absolute atomic E-state index is 0.241. The van der Waals surface area contributed by atoms with E-state index in [2.05, 4.69) is 5.32 Å². The van der Waals surface area contributed by atoms with Crippen LogP contribution in [0.4, 0.5) is 13.2 Å². The maximum atomic E-state index is 12.6. The van der Waals surface area contributed by atoms with E-state index in [0.29, 0.717) is 11.1 Å². The zero-order valence-electron chi connectivity index (χ0n) is 13.2. The molecule has 122 valence electrons. The molecule has 2 rings (SSSR count). The van der Waals surface area contributed by atoms with Crippen LogP contribution in [0.3, 0.4) is 0 Å². The number of halogens is 3. The zero-order chi connectivity index (χ0) is 17.2. The van der Waals surface area contributed by atoms with E-state index in [4.69, 9.17) is 0 Å². The predicted molar refractivity (Wildman–Crippen MR) is 83.2 cm³/mol. The normalized spacial score (nSPS) is 12.8. The molecular formula is C18H18F3NO. The van der Waals surface area contributed by atoms with Gasteiger partial charge in [-0.2, -0.15) is 13.2 Å². The van der Waals surface area contributed by atoms with Crippen LogP contribution in [0, 0.1) is 13.8 Å². The van der Waals surface area contributed by atoms with Gasteiger partial charge in [-0.15, -0.1) is 0 Å². The Labute approximate surface area is 133 Å². The van der Waals surface area contributed by atoms with Crippen LogP contribution in [0.25, 0.3) is 0 Å². The summed E-state index contributed by atoms with van der Waals surface area (Å²) in [6.45, 7) is 5.54. The smallest absolute Gasteiger partial charge is 0.346 e. The molecular weight excluding hydrogens is 303 g/mol. The average Bonchev–Trinajstić information content (AvgIpc) is 2.46. The Morgan fingerprint density at radius 2 is 1.65 bits per heavy atom. The largest absolute Gasteiger partial charge is 0.416 e. The molecule has 0 aliphatic carbocycles. The van der Waals surface area contributed by atoms with E-state index in [0.717, 1.165) is 23.3 Å². The van der Waals surface area contributed by atoms with Gasteiger partial charge >= 0.3 is 6.18 Å². The number of hydrogen-bond acceptors (Lipinski definition) is 1. The number of hydrogen-bond donors (Lipinski definition) is 1. The van der Waals surface area contributed by atoms with Gasteiger partial charge in [-0.1, -0.05) is 29.8 Å². The maximum Gasteiger partial charge on any atom is 0.416 e. The molecule has 0 unspecified atom stereocenters. The Morgan fingerprint density at radius 1 is 1.04 bits per heavy atom. The maximum absolute atomic E-state index is 12.6. The Hall–Kier alpha value is -2.30. The Kier molecular flexibility index (Phi) is 4.78. The van der Waals surface area contributed by atoms with Gasteiger partial charge in [0.2, 0.25) is 0 Å². The fourth-order valence-electron chi connectivity index (χ4n) is 2.39. The first-order chi connectivity index (χ1) is 10.7. The molecule has 0 aromatic heterocycles. The van der Waals surface area contributed by atoms with Gasteiger partial charge in [0.1, 0.15) is 0 Å². The van der Waals surface area contributed by atoms with Crippen LogP contribution < -0.4 is 5.32 Å². The first-order valence-electron chi connectivity index (χ1n) is 7.24. The van der Waals surface area contributed by atoms with Crippen molar-refractivity contribution in [2.45, 2.75) is 33.0 Å². The molecule has 2 aromatic carbocycles. The van der Waals surface area contributed by atoms with Gasteiger partial charge in [0.15, 0.2) is 0 Å². The number of aryl methyl sites for hydroxylation is 2. The second kappa shape index (κ2) is 6.44. The van der Waals surface area contributed by atoms with Gasteiger partial charge in [0.05, 0.1) is 11.6 Å². The highest BCUT2D eigenvalue weighted by Gasteiger charge is 2.30. The summed E-state index contributed by atoms with van der Waals surface area (Å²) in [4.78, 5) is 12.3. The lowest BCUT2D eigenvalue weighted by Gasteiger charge is -2.16. The summed E-state index contributed by atoms with van der Waals surface area (Å²) in [5, 5.41) is 2.81. The van der Waals surface area contributed by atoms with Gasteiger partial charge in [-0.05, 0) is 50.1 Å². The van der Waals surface area contributed by atoms with Crippen molar-refractivity contribution < 1.29 is 18.0 Å². The second-order valence-electron chi connectivity index (χ2n) is 5.63. The molecule has 0 aliphatic rings. The lowest BCUT2D eigenvalue weighted by molar-refractivity contribution is -0.137. The second-order valence-corrected chi connectivity index (χ2v) is 5.63. The van der Waals surface area contributed by atoms with E-state index in [9.17, 15) is 18.0 Å². The standard InChI is InChI=1S/C18H18F3NO/c1-11-4-9-16(12(2)10-11)17(23)22-13(3)14-5-7-15(8-6-14)18(19,20)21/h4-10,13H,1-3H3,(H,22,23)/t13-/m0/s1. The topological polar surface area (TPSA) is 29.1 Å². The van der Waals surface area contributed by atoms with Crippen molar-refractivity contribution in [1.29, 1.82) is 0 Å². The van der Waals surface area contributed by atoms with Crippen LogP contribution in [0.2, 0.25) is 0 Å². The van der Waals surface area contributed by atoms with Crippen LogP contribution in [0.15, 0.2) is 42.5 Å². The van der Waals surface area contributed by atoms with Gasteiger partial charge in [-0.3, -0.25) is 4.79 Å². The molecule has 1 atom stereocenters. The highest BCUT2D eigenvalue weighted by Crippen LogP contribution is 2.29. The molecule has 0 heterocycles. The molecule has 0 fully saturated rings. The van der Waals surface area contributed by atoms with Crippen molar-refractivity contribution >= 4 is 5.91 Å². The van der Waals surface area contributed by atoms with Crippen LogP contribution >= 0.6 is 0 Å². The van der Waals surface area contributed by atoms with Crippen LogP contribution in [0.1, 0.15) is 45.6 Å². The third kappa shape index (κ3) is 4.12. The molecule has 0 saturated carbocycles. The van der Waals surface area contributed by atoms with Crippen molar-refractivity contribution in [3.63, 3.8) is 0 Å². The van der Waals surface area contributed by atoms with Crippen LogP contribution in [-0.2, 0) is 6.18 Å². The fourth-order valence-corrected chi connectivity index (χ4v) is 2.39. The van der Waals surface area contributed by atoms with Crippen molar-refractivity contribution in [1.82, 2.24) is 5.32 Å². The van der Waals surface area contributed by atoms with Crippen LogP contribution in [-0.4, -0.2) is 5.91 Å². The van der Waals surface area contributed by atoms with E-state index >= 15 is 0 Å². The molecule has 0 radical (unpaired) electrons. The van der Waals surface area contributed by atoms with Crippen LogP contribution in [0.5, 0.6) is 0 Å². The van der Waals surface area contributed by atoms with Crippen molar-refractivity contribution in [3.8, 4) is 0 Å². The monoisotopic (exact) mass is 321 g/mol. The molecule has 0 aliphatic heterocycles. The molecule has 1 amide bonds. The van der Waals surface area contributed by atoms with Gasteiger partial charge in [0.25, 0.3) is 5.91 Å². The Bertz CT molecular complexity index is 705. The van der Waals surface area contributed by atoms with Gasteiger partial charge in [0, 0.05) is 5.56 Å². The molecule has 1 N–H and O–H groups in total.